The molecule has 0 saturated carbocycles. The highest BCUT2D eigenvalue weighted by molar-refractivity contribution is 7.97. The number of hydrogen-bond acceptors (Lipinski definition) is 8. The van der Waals surface area contributed by atoms with Gasteiger partial charge in [-0.2, -0.15) is 18.3 Å². The van der Waals surface area contributed by atoms with E-state index in [1.807, 2.05) is 18.4 Å². The van der Waals surface area contributed by atoms with E-state index in [1.54, 1.807) is 26.5 Å². The molecular formula is C34H34ClF6N9OS. The Bertz CT molecular complexity index is 2100. The molecule has 6 rings (SSSR count). The van der Waals surface area contributed by atoms with E-state index in [0.29, 0.717) is 50.6 Å². The summed E-state index contributed by atoms with van der Waals surface area (Å²) in [5, 5.41) is 10.3. The van der Waals surface area contributed by atoms with Crippen molar-refractivity contribution in [3.8, 4) is 11.1 Å². The van der Waals surface area contributed by atoms with E-state index in [0.717, 1.165) is 22.7 Å². The maximum Gasteiger partial charge on any atom is 0.292 e. The van der Waals surface area contributed by atoms with Crippen LogP contribution in [0, 0.1) is 17.6 Å². The zero-order valence-corrected chi connectivity index (χ0v) is 29.8. The molecule has 2 atom stereocenters. The Balaban J connectivity index is 0.000000257. The predicted molar refractivity (Wildman–Crippen MR) is 190 cm³/mol. The molecule has 0 saturated heterocycles. The van der Waals surface area contributed by atoms with Gasteiger partial charge in [-0.1, -0.05) is 24.6 Å². The number of likely N-dealkylation sites (N-methyl/N-ethyl adjacent to an activating group) is 1. The number of imidazole rings is 1. The number of fused-ring (bicyclic) bond motifs is 2. The molecule has 3 aromatic heterocycles. The van der Waals surface area contributed by atoms with Crippen LogP contribution in [0.2, 0.25) is 5.02 Å². The van der Waals surface area contributed by atoms with Crippen LogP contribution in [0.4, 0.5) is 32.0 Å². The second kappa shape index (κ2) is 16.0. The summed E-state index contributed by atoms with van der Waals surface area (Å²) in [6.07, 6.45) is 0.994. The molecule has 5 N–H and O–H groups in total. The van der Waals surface area contributed by atoms with Crippen molar-refractivity contribution in [3.63, 3.8) is 0 Å². The van der Waals surface area contributed by atoms with Crippen molar-refractivity contribution in [2.75, 3.05) is 25.7 Å². The van der Waals surface area contributed by atoms with Gasteiger partial charge in [-0.3, -0.25) is 4.68 Å². The molecule has 18 heteroatoms. The number of carbonyl (C=O) groups is 1. The topological polar surface area (TPSA) is 139 Å². The molecule has 0 spiro atoms. The lowest BCUT2D eigenvalue weighted by Crippen LogP contribution is -2.23. The van der Waals surface area contributed by atoms with E-state index in [4.69, 9.17) is 22.3 Å². The number of amidine groups is 1. The number of nitrogens with one attached hydrogen (secondary N) is 3. The minimum Gasteiger partial charge on any atom is -0.387 e. The number of nitrogens with zero attached hydrogens (tertiary/aromatic N) is 5. The number of benzene rings is 2. The van der Waals surface area contributed by atoms with E-state index < -0.39 is 47.8 Å². The van der Waals surface area contributed by atoms with Crippen LogP contribution in [0.15, 0.2) is 47.1 Å². The lowest BCUT2D eigenvalue weighted by Gasteiger charge is -2.22. The third kappa shape index (κ3) is 7.61. The summed E-state index contributed by atoms with van der Waals surface area (Å²) in [5.41, 5.74) is 10.2. The average molecular weight is 766 g/mol. The lowest BCUT2D eigenvalue weighted by atomic mass is 9.92. The fourth-order valence-electron chi connectivity index (χ4n) is 6.26. The molecule has 5 aromatic rings. The Kier molecular flexibility index (Phi) is 11.9. The number of H-pyrrole nitrogens is 1. The Hall–Kier alpha value is -4.61. The van der Waals surface area contributed by atoms with Crippen molar-refractivity contribution >= 4 is 52.5 Å². The molecule has 0 aliphatic heterocycles. The van der Waals surface area contributed by atoms with Gasteiger partial charge in [0.05, 0.1) is 46.4 Å². The number of carbonyl (C=O) groups excluding carboxylic acids is 1. The van der Waals surface area contributed by atoms with Gasteiger partial charge >= 0.3 is 0 Å². The number of pyridine rings is 1. The Morgan fingerprint density at radius 1 is 1.17 bits per heavy atom. The largest absolute Gasteiger partial charge is 0.387 e. The first-order valence-corrected chi connectivity index (χ1v) is 17.3. The fourth-order valence-corrected chi connectivity index (χ4v) is 6.80. The smallest absolute Gasteiger partial charge is 0.292 e. The number of anilines is 1. The number of aromatic amines is 1. The summed E-state index contributed by atoms with van der Waals surface area (Å²) in [5.74, 6) is -5.24. The standard InChI is InChI=1S/C24H24ClF2N7S.C10H10F4N2O/c1-29-18(8-12-6-13(26)9-14(27)7-12)21-16(10-19-24(33-21)32-11-31-19)15-4-5-17(25)20(22(15)30-2)23(28)34-35-3;1-5-4-6-7(9(11)12)15-16(2-3-17)8(6)10(5,13)14/h4-7,9-11,18,29-30H,8H2,1-3H3,(H2,28,34)(H,31,32,33);3,5,9H,2,4H2,1H3. The van der Waals surface area contributed by atoms with E-state index in [1.165, 1.54) is 31.0 Å². The van der Waals surface area contributed by atoms with Crippen LogP contribution >= 0.6 is 23.5 Å². The van der Waals surface area contributed by atoms with Crippen molar-refractivity contribution in [1.82, 2.24) is 30.0 Å². The van der Waals surface area contributed by atoms with Crippen molar-refractivity contribution in [1.29, 1.82) is 0 Å². The molecule has 1 aliphatic rings. The number of alkyl halides is 4. The maximum atomic E-state index is 13.9. The van der Waals surface area contributed by atoms with Crippen LogP contribution in [0.5, 0.6) is 0 Å². The molecule has 2 aromatic carbocycles. The highest BCUT2D eigenvalue weighted by Gasteiger charge is 2.51. The fraction of sp³-hybridized carbons (Fsp3) is 0.324. The summed E-state index contributed by atoms with van der Waals surface area (Å²) in [7, 11) is 3.55. The highest BCUT2D eigenvalue weighted by atomic mass is 35.5. The third-order valence-corrected chi connectivity index (χ3v) is 9.29. The molecule has 0 radical (unpaired) electrons. The van der Waals surface area contributed by atoms with Gasteiger partial charge in [-0.05, 0) is 61.7 Å². The first-order chi connectivity index (χ1) is 24.7. The van der Waals surface area contributed by atoms with Crippen LogP contribution in [-0.2, 0) is 30.1 Å². The quantitative estimate of drug-likeness (QED) is 0.0359. The van der Waals surface area contributed by atoms with Gasteiger partial charge in [0, 0.05) is 42.0 Å². The van der Waals surface area contributed by atoms with E-state index >= 15 is 0 Å². The molecule has 0 amide bonds. The Labute approximate surface area is 303 Å². The van der Waals surface area contributed by atoms with Gasteiger partial charge in [0.25, 0.3) is 12.3 Å². The molecule has 3 heterocycles. The summed E-state index contributed by atoms with van der Waals surface area (Å²) in [4.78, 5) is 22.6. The summed E-state index contributed by atoms with van der Waals surface area (Å²) in [6.45, 7) is 0.859. The van der Waals surface area contributed by atoms with Gasteiger partial charge in [0.15, 0.2) is 5.65 Å². The molecule has 0 bridgehead atoms. The molecule has 1 aliphatic carbocycles. The minimum atomic E-state index is -3.21. The highest BCUT2D eigenvalue weighted by Crippen LogP contribution is 2.48. The average Bonchev–Trinajstić information content (AvgIpc) is 3.76. The summed E-state index contributed by atoms with van der Waals surface area (Å²) >= 11 is 7.75. The van der Waals surface area contributed by atoms with E-state index in [2.05, 4.69) is 30.1 Å². The summed E-state index contributed by atoms with van der Waals surface area (Å²) in [6, 6.07) is 8.68. The van der Waals surface area contributed by atoms with Gasteiger partial charge in [0.2, 0.25) is 0 Å². The van der Waals surface area contributed by atoms with Gasteiger partial charge in [-0.25, -0.2) is 27.5 Å². The molecule has 0 fully saturated rings. The normalized spacial score (nSPS) is 15.8. The maximum absolute atomic E-state index is 13.9. The molecule has 10 nitrogen and oxygen atoms in total. The van der Waals surface area contributed by atoms with Crippen LogP contribution in [0.25, 0.3) is 22.3 Å². The number of rotatable bonds is 11. The number of hydrogen-bond donors (Lipinski definition) is 4. The summed E-state index contributed by atoms with van der Waals surface area (Å²) < 4.78 is 85.5. The number of aldehydes is 1. The van der Waals surface area contributed by atoms with Gasteiger partial charge < -0.3 is 26.1 Å². The molecule has 2 unspecified atom stereocenters. The molecular weight excluding hydrogens is 732 g/mol. The van der Waals surface area contributed by atoms with Crippen LogP contribution in [0.1, 0.15) is 53.2 Å². The monoisotopic (exact) mass is 765 g/mol. The van der Waals surface area contributed by atoms with E-state index in [9.17, 15) is 31.1 Å². The zero-order chi connectivity index (χ0) is 37.9. The van der Waals surface area contributed by atoms with Crippen molar-refractivity contribution < 1.29 is 31.1 Å². The number of aromatic nitrogens is 5. The van der Waals surface area contributed by atoms with Crippen LogP contribution < -0.4 is 16.4 Å². The number of nitrogens with two attached hydrogens (primary N) is 1. The minimum absolute atomic E-state index is 0.112. The lowest BCUT2D eigenvalue weighted by molar-refractivity contribution is -0.108. The predicted octanol–water partition coefficient (Wildman–Crippen LogP) is 7.39. The van der Waals surface area contributed by atoms with Crippen LogP contribution in [-0.4, -0.2) is 57.2 Å². The van der Waals surface area contributed by atoms with E-state index in [-0.39, 0.29) is 23.9 Å². The van der Waals surface area contributed by atoms with Crippen molar-refractivity contribution in [3.05, 3.63) is 93.2 Å². The number of halogens is 7. The third-order valence-electron chi connectivity index (χ3n) is 8.60. The first kappa shape index (κ1) is 38.6. The van der Waals surface area contributed by atoms with Gasteiger partial charge in [-0.15, -0.1) is 0 Å². The second-order valence-electron chi connectivity index (χ2n) is 11.9. The Morgan fingerprint density at radius 2 is 1.88 bits per heavy atom. The van der Waals surface area contributed by atoms with Crippen LogP contribution in [0.3, 0.4) is 0 Å². The van der Waals surface area contributed by atoms with Gasteiger partial charge in [0.1, 0.15) is 35.1 Å². The molecule has 276 valence electrons. The zero-order valence-electron chi connectivity index (χ0n) is 28.2. The second-order valence-corrected chi connectivity index (χ2v) is 12.8. The van der Waals surface area contributed by atoms with Crippen molar-refractivity contribution in [2.24, 2.45) is 16.0 Å². The first-order valence-electron chi connectivity index (χ1n) is 15.8. The Morgan fingerprint density at radius 3 is 2.50 bits per heavy atom. The van der Waals surface area contributed by atoms with Crippen molar-refractivity contribution in [2.45, 2.75) is 44.7 Å². The molecule has 52 heavy (non-hydrogen) atoms. The SMILES string of the molecule is CC1Cc2c(C(F)F)nn(CC=O)c2C1(F)F.CNc1c(-c2cc3[nH]cnc3nc2C(Cc2cc(F)cc(F)c2)NC)ccc(Cl)c1/C(N)=N/SC.